The van der Waals surface area contributed by atoms with Crippen molar-refractivity contribution in [2.45, 2.75) is 13.8 Å². The molecule has 2 rings (SSSR count). The average molecular weight is 230 g/mol. The Morgan fingerprint density at radius 1 is 1.29 bits per heavy atom. The van der Waals surface area contributed by atoms with E-state index >= 15 is 0 Å². The van der Waals surface area contributed by atoms with E-state index in [0.29, 0.717) is 5.75 Å². The predicted molar refractivity (Wildman–Crippen MR) is 64.3 cm³/mol. The zero-order valence-corrected chi connectivity index (χ0v) is 9.88. The van der Waals surface area contributed by atoms with Crippen LogP contribution in [0.2, 0.25) is 0 Å². The van der Waals surface area contributed by atoms with Gasteiger partial charge in [-0.2, -0.15) is 5.10 Å². The van der Waals surface area contributed by atoms with Crippen molar-refractivity contribution < 1.29 is 9.53 Å². The minimum atomic E-state index is -0.167. The first-order valence-electron chi connectivity index (χ1n) is 5.41. The second kappa shape index (κ2) is 4.82. The second-order valence-corrected chi connectivity index (χ2v) is 3.83. The molecule has 0 saturated carbocycles. The number of aryl methyl sites for hydroxylation is 2. The number of para-hydroxylation sites is 1. The quantitative estimate of drug-likeness (QED) is 0.812. The van der Waals surface area contributed by atoms with Gasteiger partial charge in [-0.3, -0.25) is 4.79 Å². The van der Waals surface area contributed by atoms with Crippen LogP contribution in [-0.2, 0) is 0 Å². The van der Waals surface area contributed by atoms with E-state index in [1.165, 1.54) is 4.68 Å². The minimum Gasteiger partial charge on any atom is -0.484 e. The number of ether oxygens (including phenoxy) is 1. The third-order valence-corrected chi connectivity index (χ3v) is 2.35. The van der Waals surface area contributed by atoms with Gasteiger partial charge in [0.15, 0.2) is 6.61 Å². The first kappa shape index (κ1) is 11.4. The molecule has 4 nitrogen and oxygen atoms in total. The Labute approximate surface area is 99.8 Å². The van der Waals surface area contributed by atoms with Crippen LogP contribution in [0.5, 0.6) is 5.75 Å². The van der Waals surface area contributed by atoms with Gasteiger partial charge in [-0.1, -0.05) is 18.2 Å². The van der Waals surface area contributed by atoms with Gasteiger partial charge in [-0.15, -0.1) is 0 Å². The van der Waals surface area contributed by atoms with Gasteiger partial charge in [0.05, 0.1) is 5.69 Å². The van der Waals surface area contributed by atoms with Gasteiger partial charge in [0.1, 0.15) is 5.75 Å². The van der Waals surface area contributed by atoms with Crippen molar-refractivity contribution in [3.05, 3.63) is 47.8 Å². The van der Waals surface area contributed by atoms with E-state index in [0.717, 1.165) is 11.4 Å². The second-order valence-electron chi connectivity index (χ2n) is 3.83. The minimum absolute atomic E-state index is 0.00796. The number of rotatable bonds is 3. The molecule has 0 bridgehead atoms. The highest BCUT2D eigenvalue weighted by atomic mass is 16.5. The van der Waals surface area contributed by atoms with Crippen LogP contribution in [0.1, 0.15) is 16.2 Å². The molecule has 0 aliphatic carbocycles. The van der Waals surface area contributed by atoms with Gasteiger partial charge in [0.2, 0.25) is 0 Å². The molecule has 0 atom stereocenters. The number of hydrogen-bond donors (Lipinski definition) is 0. The van der Waals surface area contributed by atoms with E-state index < -0.39 is 0 Å². The smallest absolute Gasteiger partial charge is 0.284 e. The first-order chi connectivity index (χ1) is 8.16. The summed E-state index contributed by atoms with van der Waals surface area (Å²) >= 11 is 0. The lowest BCUT2D eigenvalue weighted by atomic mass is 10.3. The van der Waals surface area contributed by atoms with E-state index in [2.05, 4.69) is 5.10 Å². The van der Waals surface area contributed by atoms with Crippen LogP contribution in [-0.4, -0.2) is 22.3 Å². The zero-order valence-electron chi connectivity index (χ0n) is 9.88. The van der Waals surface area contributed by atoms with Crippen LogP contribution >= 0.6 is 0 Å². The summed E-state index contributed by atoms with van der Waals surface area (Å²) in [7, 11) is 0. The monoisotopic (exact) mass is 230 g/mol. The number of carbonyl (C=O) groups excluding carboxylic acids is 1. The summed E-state index contributed by atoms with van der Waals surface area (Å²) in [4.78, 5) is 11.8. The number of hydrogen-bond acceptors (Lipinski definition) is 3. The molecule has 0 unspecified atom stereocenters. The van der Waals surface area contributed by atoms with E-state index in [9.17, 15) is 4.79 Å². The molecule has 1 heterocycles. The van der Waals surface area contributed by atoms with Gasteiger partial charge in [0, 0.05) is 5.69 Å². The van der Waals surface area contributed by atoms with E-state index in [-0.39, 0.29) is 12.5 Å². The van der Waals surface area contributed by atoms with Crippen molar-refractivity contribution in [3.8, 4) is 5.75 Å². The van der Waals surface area contributed by atoms with Crippen molar-refractivity contribution in [2.24, 2.45) is 0 Å². The van der Waals surface area contributed by atoms with Crippen molar-refractivity contribution in [3.63, 3.8) is 0 Å². The Balaban J connectivity index is 2.01. The van der Waals surface area contributed by atoms with Gasteiger partial charge < -0.3 is 4.74 Å². The van der Waals surface area contributed by atoms with Crippen LogP contribution in [0.3, 0.4) is 0 Å². The van der Waals surface area contributed by atoms with Crippen molar-refractivity contribution >= 4 is 5.91 Å². The largest absolute Gasteiger partial charge is 0.484 e. The topological polar surface area (TPSA) is 44.1 Å². The summed E-state index contributed by atoms with van der Waals surface area (Å²) in [6, 6.07) is 11.1. The number of carbonyl (C=O) groups is 1. The zero-order chi connectivity index (χ0) is 12.3. The Morgan fingerprint density at radius 2 is 2.00 bits per heavy atom. The van der Waals surface area contributed by atoms with Crippen LogP contribution in [0.15, 0.2) is 36.4 Å². The molecule has 0 fully saturated rings. The van der Waals surface area contributed by atoms with Crippen LogP contribution < -0.4 is 4.74 Å². The van der Waals surface area contributed by atoms with Crippen LogP contribution in [0, 0.1) is 13.8 Å². The molecule has 0 spiro atoms. The van der Waals surface area contributed by atoms with Gasteiger partial charge >= 0.3 is 0 Å². The summed E-state index contributed by atoms with van der Waals surface area (Å²) in [5.74, 6) is 0.516. The fraction of sp³-hybridized carbons (Fsp3) is 0.231. The molecule has 0 saturated heterocycles. The Morgan fingerprint density at radius 3 is 2.59 bits per heavy atom. The van der Waals surface area contributed by atoms with Crippen LogP contribution in [0.4, 0.5) is 0 Å². The summed E-state index contributed by atoms with van der Waals surface area (Å²) in [6.07, 6.45) is 0. The molecule has 0 N–H and O–H groups in total. The molecular weight excluding hydrogens is 216 g/mol. The van der Waals surface area contributed by atoms with E-state index in [4.69, 9.17) is 4.74 Å². The molecule has 0 radical (unpaired) electrons. The molecule has 2 aromatic rings. The lowest BCUT2D eigenvalue weighted by Crippen LogP contribution is -2.21. The Kier molecular flexibility index (Phi) is 3.23. The van der Waals surface area contributed by atoms with Gasteiger partial charge in [0.25, 0.3) is 5.91 Å². The summed E-state index contributed by atoms with van der Waals surface area (Å²) in [5.41, 5.74) is 1.65. The Hall–Kier alpha value is -2.10. The van der Waals surface area contributed by atoms with Gasteiger partial charge in [-0.05, 0) is 32.0 Å². The predicted octanol–water partition coefficient (Wildman–Crippen LogP) is 2.22. The van der Waals surface area contributed by atoms with Crippen molar-refractivity contribution in [1.82, 2.24) is 9.78 Å². The van der Waals surface area contributed by atoms with Crippen molar-refractivity contribution in [1.29, 1.82) is 0 Å². The van der Waals surface area contributed by atoms with E-state index in [1.54, 1.807) is 0 Å². The number of aromatic nitrogens is 2. The standard InChI is InChI=1S/C13H14N2O2/c1-10-8-11(2)15(14-10)13(16)9-17-12-6-4-3-5-7-12/h3-8H,9H2,1-2H3. The van der Waals surface area contributed by atoms with E-state index in [1.807, 2.05) is 50.2 Å². The van der Waals surface area contributed by atoms with Crippen LogP contribution in [0.25, 0.3) is 0 Å². The molecule has 0 aliphatic rings. The molecule has 1 aromatic carbocycles. The lowest BCUT2D eigenvalue weighted by Gasteiger charge is -2.05. The number of nitrogens with zero attached hydrogens (tertiary/aromatic N) is 2. The van der Waals surface area contributed by atoms with Gasteiger partial charge in [-0.25, -0.2) is 4.68 Å². The lowest BCUT2D eigenvalue weighted by molar-refractivity contribution is 0.0818. The summed E-state index contributed by atoms with van der Waals surface area (Å²) in [5, 5.41) is 4.11. The highest BCUT2D eigenvalue weighted by Gasteiger charge is 2.10. The maximum Gasteiger partial charge on any atom is 0.284 e. The molecular formula is C13H14N2O2. The maximum absolute atomic E-state index is 11.8. The summed E-state index contributed by atoms with van der Waals surface area (Å²) < 4.78 is 6.75. The summed E-state index contributed by atoms with van der Waals surface area (Å²) in [6.45, 7) is 3.70. The molecule has 0 aliphatic heterocycles. The highest BCUT2D eigenvalue weighted by Crippen LogP contribution is 2.08. The third kappa shape index (κ3) is 2.72. The fourth-order valence-electron chi connectivity index (χ4n) is 1.60. The SMILES string of the molecule is Cc1cc(C)n(C(=O)COc2ccccc2)n1. The number of benzene rings is 1. The highest BCUT2D eigenvalue weighted by molar-refractivity contribution is 5.80. The average Bonchev–Trinajstić information content (AvgIpc) is 2.67. The third-order valence-electron chi connectivity index (χ3n) is 2.35. The molecule has 4 heteroatoms. The Bertz CT molecular complexity index is 517. The molecule has 88 valence electrons. The molecule has 0 amide bonds. The normalized spacial score (nSPS) is 10.2. The maximum atomic E-state index is 11.8. The first-order valence-corrected chi connectivity index (χ1v) is 5.41. The molecule has 17 heavy (non-hydrogen) atoms. The van der Waals surface area contributed by atoms with Crippen molar-refractivity contribution in [2.75, 3.05) is 6.61 Å². The fourth-order valence-corrected chi connectivity index (χ4v) is 1.60. The molecule has 1 aromatic heterocycles.